The smallest absolute Gasteiger partial charge is 0.319 e. The maximum Gasteiger partial charge on any atom is 0.319 e. The maximum absolute atomic E-state index is 11.1. The zero-order chi connectivity index (χ0) is 10.6. The van der Waals surface area contributed by atoms with Crippen LogP contribution in [0.15, 0.2) is 24.3 Å². The summed E-state index contributed by atoms with van der Waals surface area (Å²) in [4.78, 5) is 10.8. The van der Waals surface area contributed by atoms with Crippen molar-refractivity contribution in [2.75, 3.05) is 7.11 Å². The molecule has 1 unspecified atom stereocenters. The van der Waals surface area contributed by atoms with Crippen molar-refractivity contribution in [3.63, 3.8) is 0 Å². The average molecular weight is 278 g/mol. The molecule has 0 heterocycles. The minimum atomic E-state index is -0.314. The molecule has 0 N–H and O–H groups in total. The molecule has 14 heavy (non-hydrogen) atoms. The molecule has 0 aliphatic heterocycles. The van der Waals surface area contributed by atoms with Crippen LogP contribution in [0, 0.1) is 0 Å². The number of ether oxygens (including phenoxy) is 1. The number of methoxy groups -OCH3 is 1. The first kappa shape index (κ1) is 11.5. The van der Waals surface area contributed by atoms with Crippen LogP contribution in [0.2, 0.25) is 5.02 Å². The number of rotatable bonds is 3. The fourth-order valence-electron chi connectivity index (χ4n) is 1.08. The second kappa shape index (κ2) is 5.37. The van der Waals surface area contributed by atoms with Crippen molar-refractivity contribution in [3.8, 4) is 0 Å². The van der Waals surface area contributed by atoms with E-state index >= 15 is 0 Å². The average Bonchev–Trinajstić information content (AvgIpc) is 2.16. The Bertz CT molecular complexity index is 328. The molecule has 76 valence electrons. The first-order chi connectivity index (χ1) is 6.63. The second-order valence-corrected chi connectivity index (χ2v) is 4.37. The van der Waals surface area contributed by atoms with Gasteiger partial charge in [-0.05, 0) is 24.1 Å². The van der Waals surface area contributed by atoms with Gasteiger partial charge in [0, 0.05) is 5.02 Å². The number of hydrogen-bond donors (Lipinski definition) is 0. The Balaban J connectivity index is 2.64. The summed E-state index contributed by atoms with van der Waals surface area (Å²) in [5.74, 6) is -0.273. The van der Waals surface area contributed by atoms with Gasteiger partial charge in [-0.25, -0.2) is 0 Å². The van der Waals surface area contributed by atoms with Gasteiger partial charge in [0.2, 0.25) is 0 Å². The lowest BCUT2D eigenvalue weighted by Gasteiger charge is -2.07. The topological polar surface area (TPSA) is 26.3 Å². The van der Waals surface area contributed by atoms with Gasteiger partial charge in [-0.2, -0.15) is 0 Å². The summed E-state index contributed by atoms with van der Waals surface area (Å²) in [6.45, 7) is 0. The Morgan fingerprint density at radius 1 is 1.64 bits per heavy atom. The van der Waals surface area contributed by atoms with E-state index in [-0.39, 0.29) is 10.8 Å². The van der Waals surface area contributed by atoms with Crippen molar-refractivity contribution in [3.05, 3.63) is 34.9 Å². The van der Waals surface area contributed by atoms with Crippen LogP contribution >= 0.6 is 27.5 Å². The lowest BCUT2D eigenvalue weighted by Crippen LogP contribution is -2.17. The van der Waals surface area contributed by atoms with Crippen LogP contribution in [0.25, 0.3) is 0 Å². The van der Waals surface area contributed by atoms with Crippen molar-refractivity contribution >= 4 is 33.5 Å². The highest BCUT2D eigenvalue weighted by molar-refractivity contribution is 9.10. The van der Waals surface area contributed by atoms with Crippen molar-refractivity contribution in [1.29, 1.82) is 0 Å². The molecule has 1 atom stereocenters. The predicted octanol–water partition coefficient (Wildman–Crippen LogP) is 2.82. The first-order valence-corrected chi connectivity index (χ1v) is 5.39. The predicted molar refractivity (Wildman–Crippen MR) is 59.9 cm³/mol. The van der Waals surface area contributed by atoms with Gasteiger partial charge in [0.1, 0.15) is 4.83 Å². The molecular weight excluding hydrogens is 267 g/mol. The van der Waals surface area contributed by atoms with Gasteiger partial charge >= 0.3 is 5.97 Å². The molecule has 0 saturated carbocycles. The number of carbonyl (C=O) groups is 1. The Kier molecular flexibility index (Phi) is 4.42. The molecule has 0 aliphatic carbocycles. The molecule has 1 aromatic rings. The Morgan fingerprint density at radius 3 is 2.93 bits per heavy atom. The fourth-order valence-corrected chi connectivity index (χ4v) is 1.86. The lowest BCUT2D eigenvalue weighted by atomic mass is 10.1. The molecule has 1 rings (SSSR count). The van der Waals surface area contributed by atoms with E-state index in [1.807, 2.05) is 18.2 Å². The first-order valence-electron chi connectivity index (χ1n) is 4.10. The summed E-state index contributed by atoms with van der Waals surface area (Å²) >= 11 is 9.06. The maximum atomic E-state index is 11.1. The molecule has 0 aromatic heterocycles. The van der Waals surface area contributed by atoms with Crippen molar-refractivity contribution in [2.45, 2.75) is 11.2 Å². The summed E-state index contributed by atoms with van der Waals surface area (Å²) in [5.41, 5.74) is 1.00. The number of hydrogen-bond acceptors (Lipinski definition) is 2. The highest BCUT2D eigenvalue weighted by atomic mass is 79.9. The van der Waals surface area contributed by atoms with E-state index in [4.69, 9.17) is 11.6 Å². The van der Waals surface area contributed by atoms with Crippen LogP contribution in [-0.4, -0.2) is 17.9 Å². The minimum Gasteiger partial charge on any atom is -0.468 e. The van der Waals surface area contributed by atoms with Gasteiger partial charge in [0.25, 0.3) is 0 Å². The molecule has 0 saturated heterocycles. The molecule has 0 fully saturated rings. The summed E-state index contributed by atoms with van der Waals surface area (Å²) in [5, 5.41) is 0.673. The van der Waals surface area contributed by atoms with Crippen molar-refractivity contribution in [2.24, 2.45) is 0 Å². The van der Waals surface area contributed by atoms with E-state index in [1.54, 1.807) is 6.07 Å². The SMILES string of the molecule is COC(=O)C(Br)Cc1cccc(Cl)c1. The molecule has 1 aromatic carbocycles. The molecule has 4 heteroatoms. The second-order valence-electron chi connectivity index (χ2n) is 2.82. The largest absolute Gasteiger partial charge is 0.468 e. The van der Waals surface area contributed by atoms with Gasteiger partial charge in [0.15, 0.2) is 0 Å². The molecule has 2 nitrogen and oxygen atoms in total. The Hall–Kier alpha value is -0.540. The van der Waals surface area contributed by atoms with Gasteiger partial charge < -0.3 is 4.74 Å². The summed E-state index contributed by atoms with van der Waals surface area (Å²) in [7, 11) is 1.37. The number of halogens is 2. The van der Waals surface area contributed by atoms with E-state index < -0.39 is 0 Å². The van der Waals surface area contributed by atoms with Crippen LogP contribution in [0.4, 0.5) is 0 Å². The number of benzene rings is 1. The molecule has 0 bridgehead atoms. The van der Waals surface area contributed by atoms with E-state index in [2.05, 4.69) is 20.7 Å². The number of carbonyl (C=O) groups excluding carboxylic acids is 1. The van der Waals surface area contributed by atoms with Crippen LogP contribution in [0.3, 0.4) is 0 Å². The standard InChI is InChI=1S/C10H10BrClO2/c1-14-10(13)9(11)6-7-3-2-4-8(12)5-7/h2-5,9H,6H2,1H3. The van der Waals surface area contributed by atoms with Crippen molar-refractivity contribution in [1.82, 2.24) is 0 Å². The van der Waals surface area contributed by atoms with E-state index in [9.17, 15) is 4.79 Å². The van der Waals surface area contributed by atoms with Gasteiger partial charge in [-0.3, -0.25) is 4.79 Å². The van der Waals surface area contributed by atoms with E-state index in [0.29, 0.717) is 11.4 Å². The summed E-state index contributed by atoms with van der Waals surface area (Å²) < 4.78 is 4.60. The Labute approximate surface area is 96.3 Å². The quantitative estimate of drug-likeness (QED) is 0.627. The molecule has 0 spiro atoms. The Morgan fingerprint density at radius 2 is 2.36 bits per heavy atom. The third-order valence-electron chi connectivity index (χ3n) is 1.76. The molecular formula is C10H10BrClO2. The zero-order valence-electron chi connectivity index (χ0n) is 7.67. The van der Waals surface area contributed by atoms with E-state index in [1.165, 1.54) is 7.11 Å². The van der Waals surface area contributed by atoms with Gasteiger partial charge in [-0.15, -0.1) is 0 Å². The van der Waals surface area contributed by atoms with Gasteiger partial charge in [-0.1, -0.05) is 39.7 Å². The summed E-state index contributed by atoms with van der Waals surface area (Å²) in [6.07, 6.45) is 0.577. The number of esters is 1. The number of alkyl halides is 1. The molecule has 0 radical (unpaired) electrons. The fraction of sp³-hybridized carbons (Fsp3) is 0.300. The van der Waals surface area contributed by atoms with Crippen LogP contribution in [-0.2, 0) is 16.0 Å². The lowest BCUT2D eigenvalue weighted by molar-refractivity contribution is -0.139. The van der Waals surface area contributed by atoms with Gasteiger partial charge in [0.05, 0.1) is 7.11 Å². The highest BCUT2D eigenvalue weighted by Gasteiger charge is 2.15. The zero-order valence-corrected chi connectivity index (χ0v) is 10.0. The molecule has 0 aliphatic rings. The monoisotopic (exact) mass is 276 g/mol. The van der Waals surface area contributed by atoms with E-state index in [0.717, 1.165) is 5.56 Å². The minimum absolute atomic E-state index is 0.273. The summed E-state index contributed by atoms with van der Waals surface area (Å²) in [6, 6.07) is 7.41. The molecule has 0 amide bonds. The van der Waals surface area contributed by atoms with Crippen LogP contribution in [0.1, 0.15) is 5.56 Å². The normalized spacial score (nSPS) is 12.2. The van der Waals surface area contributed by atoms with Crippen LogP contribution < -0.4 is 0 Å². The van der Waals surface area contributed by atoms with Crippen LogP contribution in [0.5, 0.6) is 0 Å². The highest BCUT2D eigenvalue weighted by Crippen LogP contribution is 2.15. The third-order valence-corrected chi connectivity index (χ3v) is 2.69. The third kappa shape index (κ3) is 3.31. The van der Waals surface area contributed by atoms with Crippen molar-refractivity contribution < 1.29 is 9.53 Å².